The number of hydrogen-bond donors (Lipinski definition) is 0. The van der Waals surface area contributed by atoms with Crippen molar-refractivity contribution in [2.45, 2.75) is 37.4 Å². The average molecular weight is 334 g/mol. The van der Waals surface area contributed by atoms with Gasteiger partial charge in [-0.2, -0.15) is 4.31 Å². The van der Waals surface area contributed by atoms with Crippen molar-refractivity contribution in [1.29, 1.82) is 0 Å². The molecule has 0 fully saturated rings. The van der Waals surface area contributed by atoms with E-state index in [9.17, 15) is 8.42 Å². The van der Waals surface area contributed by atoms with Gasteiger partial charge in [0.2, 0.25) is 5.09 Å². The minimum absolute atomic E-state index is 0.0570. The molecular formula is C13H16ClNO3S2. The van der Waals surface area contributed by atoms with E-state index >= 15 is 0 Å². The molecule has 2 heterocycles. The van der Waals surface area contributed by atoms with Crippen molar-refractivity contribution in [2.75, 3.05) is 0 Å². The highest BCUT2D eigenvalue weighted by atomic mass is 35.5. The summed E-state index contributed by atoms with van der Waals surface area (Å²) in [5.74, 6) is 0.604. The third kappa shape index (κ3) is 3.25. The van der Waals surface area contributed by atoms with Crippen molar-refractivity contribution in [3.63, 3.8) is 0 Å². The van der Waals surface area contributed by atoms with E-state index in [4.69, 9.17) is 16.0 Å². The van der Waals surface area contributed by atoms with Gasteiger partial charge in [0, 0.05) is 17.5 Å². The number of nitrogens with zero attached hydrogens (tertiary/aromatic N) is 1. The lowest BCUT2D eigenvalue weighted by molar-refractivity contribution is 0.329. The van der Waals surface area contributed by atoms with Gasteiger partial charge in [0.1, 0.15) is 5.76 Å². The monoisotopic (exact) mass is 333 g/mol. The van der Waals surface area contributed by atoms with Gasteiger partial charge < -0.3 is 4.42 Å². The fourth-order valence-electron chi connectivity index (χ4n) is 1.79. The van der Waals surface area contributed by atoms with Crippen molar-refractivity contribution in [3.05, 3.63) is 40.3 Å². The molecule has 7 heteroatoms. The maximum absolute atomic E-state index is 12.6. The Morgan fingerprint density at radius 2 is 2.10 bits per heavy atom. The molecular weight excluding hydrogens is 318 g/mol. The Morgan fingerprint density at radius 1 is 1.35 bits per heavy atom. The number of thiophene rings is 1. The first-order valence-corrected chi connectivity index (χ1v) is 8.99. The molecule has 2 aromatic rings. The summed E-state index contributed by atoms with van der Waals surface area (Å²) in [6.07, 6.45) is 0. The lowest BCUT2D eigenvalue weighted by Crippen LogP contribution is -2.35. The van der Waals surface area contributed by atoms with Crippen LogP contribution in [-0.2, 0) is 22.4 Å². The zero-order chi connectivity index (χ0) is 14.8. The first-order valence-electron chi connectivity index (χ1n) is 6.14. The molecule has 2 rings (SSSR count). The van der Waals surface area contributed by atoms with Crippen LogP contribution in [0.25, 0.3) is 0 Å². The summed E-state index contributed by atoms with van der Waals surface area (Å²) in [6, 6.07) is 6.71. The van der Waals surface area contributed by atoms with E-state index in [-0.39, 0.29) is 17.0 Å². The summed E-state index contributed by atoms with van der Waals surface area (Å²) in [7, 11) is -3.65. The third-order valence-corrected chi connectivity index (χ3v) is 5.82. The van der Waals surface area contributed by atoms with Crippen LogP contribution >= 0.6 is 22.9 Å². The highest BCUT2D eigenvalue weighted by Crippen LogP contribution is 2.24. The molecule has 20 heavy (non-hydrogen) atoms. The second-order valence-electron chi connectivity index (χ2n) is 4.58. The molecule has 0 aromatic carbocycles. The molecule has 110 valence electrons. The Hall–Kier alpha value is -0.820. The highest BCUT2D eigenvalue weighted by molar-refractivity contribution is 7.89. The van der Waals surface area contributed by atoms with Gasteiger partial charge in [-0.25, -0.2) is 8.42 Å². The van der Waals surface area contributed by atoms with Gasteiger partial charge in [0.25, 0.3) is 10.0 Å². The minimum Gasteiger partial charge on any atom is -0.447 e. The Bertz CT molecular complexity index is 647. The zero-order valence-electron chi connectivity index (χ0n) is 11.2. The van der Waals surface area contributed by atoms with Crippen molar-refractivity contribution < 1.29 is 12.8 Å². The topological polar surface area (TPSA) is 50.5 Å². The van der Waals surface area contributed by atoms with Crippen LogP contribution in [0.3, 0.4) is 0 Å². The van der Waals surface area contributed by atoms with Gasteiger partial charge in [-0.05, 0) is 37.4 Å². The number of halogens is 1. The van der Waals surface area contributed by atoms with Crippen LogP contribution in [0.4, 0.5) is 0 Å². The molecule has 0 saturated heterocycles. The van der Waals surface area contributed by atoms with Crippen LogP contribution < -0.4 is 0 Å². The summed E-state index contributed by atoms with van der Waals surface area (Å²) >= 11 is 7.18. The SMILES string of the molecule is CC(C)N(Cc1cccs1)S(=O)(=O)c1ccc(CCl)o1. The summed E-state index contributed by atoms with van der Waals surface area (Å²) < 4.78 is 32.0. The molecule has 0 spiro atoms. The van der Waals surface area contributed by atoms with Gasteiger partial charge in [0.05, 0.1) is 5.88 Å². The zero-order valence-corrected chi connectivity index (χ0v) is 13.6. The normalized spacial score (nSPS) is 12.4. The Morgan fingerprint density at radius 3 is 2.60 bits per heavy atom. The number of sulfonamides is 1. The highest BCUT2D eigenvalue weighted by Gasteiger charge is 2.30. The van der Waals surface area contributed by atoms with E-state index in [2.05, 4.69) is 0 Å². The summed E-state index contributed by atoms with van der Waals surface area (Å²) in [6.45, 7) is 4.03. The molecule has 0 N–H and O–H groups in total. The van der Waals surface area contributed by atoms with Crippen molar-refractivity contribution in [3.8, 4) is 0 Å². The molecule has 2 aromatic heterocycles. The molecule has 0 saturated carbocycles. The number of furan rings is 1. The maximum atomic E-state index is 12.6. The maximum Gasteiger partial charge on any atom is 0.277 e. The summed E-state index contributed by atoms with van der Waals surface area (Å²) in [5, 5.41) is 1.87. The second-order valence-corrected chi connectivity index (χ2v) is 7.70. The predicted molar refractivity (Wildman–Crippen MR) is 80.4 cm³/mol. The summed E-state index contributed by atoms with van der Waals surface area (Å²) in [4.78, 5) is 0.992. The largest absolute Gasteiger partial charge is 0.447 e. The molecule has 4 nitrogen and oxygen atoms in total. The molecule has 0 aliphatic rings. The van der Waals surface area contributed by atoms with E-state index in [1.165, 1.54) is 21.7 Å². The van der Waals surface area contributed by atoms with Crippen LogP contribution in [-0.4, -0.2) is 18.8 Å². The fraction of sp³-hybridized carbons (Fsp3) is 0.385. The van der Waals surface area contributed by atoms with Gasteiger partial charge in [0.15, 0.2) is 0 Å². The van der Waals surface area contributed by atoms with E-state index in [0.717, 1.165) is 4.88 Å². The lowest BCUT2D eigenvalue weighted by atomic mass is 10.4. The van der Waals surface area contributed by atoms with E-state index in [1.54, 1.807) is 6.07 Å². The first kappa shape index (κ1) is 15.6. The standard InChI is InChI=1S/C13H16ClNO3S2/c1-10(2)15(9-12-4-3-7-19-12)20(16,17)13-6-5-11(8-14)18-13/h3-7,10H,8-9H2,1-2H3. The predicted octanol–water partition coefficient (Wildman–Crippen LogP) is 3.68. The fourth-order valence-corrected chi connectivity index (χ4v) is 4.26. The molecule has 0 aliphatic carbocycles. The molecule has 0 unspecified atom stereocenters. The Kier molecular flexibility index (Phi) is 4.90. The quantitative estimate of drug-likeness (QED) is 0.758. The number of rotatable bonds is 6. The Balaban J connectivity index is 2.32. The van der Waals surface area contributed by atoms with Gasteiger partial charge in [-0.1, -0.05) is 6.07 Å². The average Bonchev–Trinajstić information content (AvgIpc) is 3.06. The van der Waals surface area contributed by atoms with E-state index in [1.807, 2.05) is 31.4 Å². The van der Waals surface area contributed by atoms with Crippen LogP contribution in [0.1, 0.15) is 24.5 Å². The molecule has 0 aliphatic heterocycles. The van der Waals surface area contributed by atoms with Crippen LogP contribution in [0.5, 0.6) is 0 Å². The Labute approximate surface area is 128 Å². The van der Waals surface area contributed by atoms with Crippen molar-refractivity contribution in [1.82, 2.24) is 4.31 Å². The van der Waals surface area contributed by atoms with Gasteiger partial charge in [-0.3, -0.25) is 0 Å². The second kappa shape index (κ2) is 6.30. The van der Waals surface area contributed by atoms with Crippen LogP contribution in [0.2, 0.25) is 0 Å². The molecule has 0 atom stereocenters. The number of alkyl halides is 1. The molecule has 0 bridgehead atoms. The third-order valence-electron chi connectivity index (χ3n) is 2.80. The lowest BCUT2D eigenvalue weighted by Gasteiger charge is -2.24. The van der Waals surface area contributed by atoms with E-state index in [0.29, 0.717) is 12.3 Å². The number of hydrogen-bond acceptors (Lipinski definition) is 4. The van der Waals surface area contributed by atoms with Gasteiger partial charge in [-0.15, -0.1) is 22.9 Å². The molecule has 0 amide bonds. The smallest absolute Gasteiger partial charge is 0.277 e. The first-order chi connectivity index (χ1) is 9.45. The summed E-state index contributed by atoms with van der Waals surface area (Å²) in [5.41, 5.74) is 0. The van der Waals surface area contributed by atoms with Gasteiger partial charge >= 0.3 is 0 Å². The van der Waals surface area contributed by atoms with Crippen LogP contribution in [0.15, 0.2) is 39.2 Å². The van der Waals surface area contributed by atoms with Crippen molar-refractivity contribution >= 4 is 33.0 Å². The van der Waals surface area contributed by atoms with Crippen molar-refractivity contribution in [2.24, 2.45) is 0 Å². The van der Waals surface area contributed by atoms with Crippen LogP contribution in [0, 0.1) is 0 Å². The molecule has 0 radical (unpaired) electrons. The minimum atomic E-state index is -3.65. The van der Waals surface area contributed by atoms with E-state index < -0.39 is 10.0 Å².